The smallest absolute Gasteiger partial charge is 0.235 e. The summed E-state index contributed by atoms with van der Waals surface area (Å²) in [4.78, 5) is 24.6. The average molecular weight is 370 g/mol. The van der Waals surface area contributed by atoms with E-state index in [4.69, 9.17) is 17.3 Å². The van der Waals surface area contributed by atoms with E-state index < -0.39 is 35.3 Å². The first kappa shape index (κ1) is 17.9. The second kappa shape index (κ2) is 6.79. The van der Waals surface area contributed by atoms with E-state index in [0.29, 0.717) is 16.1 Å². The number of nitrogens with one attached hydrogen (secondary N) is 1. The van der Waals surface area contributed by atoms with E-state index in [-0.39, 0.29) is 0 Å². The molecule has 3 rings (SSSR count). The Morgan fingerprint density at radius 2 is 1.92 bits per heavy atom. The van der Waals surface area contributed by atoms with E-state index in [1.807, 2.05) is 0 Å². The standard InChI is InChI=1S/C19H16ClN3O3/c20-13-8-4-5-11(9-13)15-14(10-21)19(26,12-6-2-1-3-7-12)23-18(25)16(15)17(22)24/h1-9,14-16,26H,(H2,22,24)(H,23,25)/t14-,15+,16+,19-/m1/s1. The predicted octanol–water partition coefficient (Wildman–Crippen LogP) is 1.64. The van der Waals surface area contributed by atoms with Crippen molar-refractivity contribution >= 4 is 23.4 Å². The van der Waals surface area contributed by atoms with Gasteiger partial charge in [-0.3, -0.25) is 9.59 Å². The Morgan fingerprint density at radius 1 is 1.23 bits per heavy atom. The Bertz CT molecular complexity index is 896. The first-order valence-electron chi connectivity index (χ1n) is 7.93. The van der Waals surface area contributed by atoms with Crippen LogP contribution in [0, 0.1) is 23.2 Å². The summed E-state index contributed by atoms with van der Waals surface area (Å²) in [6.45, 7) is 0. The van der Waals surface area contributed by atoms with Gasteiger partial charge in [0.15, 0.2) is 5.72 Å². The molecule has 7 heteroatoms. The molecule has 1 heterocycles. The van der Waals surface area contributed by atoms with Crippen molar-refractivity contribution in [3.8, 4) is 6.07 Å². The lowest BCUT2D eigenvalue weighted by molar-refractivity contribution is -0.153. The van der Waals surface area contributed by atoms with Crippen molar-refractivity contribution in [1.82, 2.24) is 5.32 Å². The molecule has 4 N–H and O–H groups in total. The van der Waals surface area contributed by atoms with Gasteiger partial charge >= 0.3 is 0 Å². The highest BCUT2D eigenvalue weighted by atomic mass is 35.5. The zero-order valence-corrected chi connectivity index (χ0v) is 14.4. The molecule has 0 unspecified atom stereocenters. The normalized spacial score (nSPS) is 28.0. The Kier molecular flexibility index (Phi) is 4.68. The van der Waals surface area contributed by atoms with Gasteiger partial charge in [-0.25, -0.2) is 0 Å². The highest BCUT2D eigenvalue weighted by molar-refractivity contribution is 6.30. The van der Waals surface area contributed by atoms with Gasteiger partial charge in [0.05, 0.1) is 6.07 Å². The molecule has 0 aliphatic carbocycles. The highest BCUT2D eigenvalue weighted by Crippen LogP contribution is 2.45. The average Bonchev–Trinajstić information content (AvgIpc) is 2.61. The van der Waals surface area contributed by atoms with Crippen molar-refractivity contribution < 1.29 is 14.7 Å². The van der Waals surface area contributed by atoms with Gasteiger partial charge in [0.25, 0.3) is 0 Å². The van der Waals surface area contributed by atoms with Crippen LogP contribution in [0.15, 0.2) is 54.6 Å². The fraction of sp³-hybridized carbons (Fsp3) is 0.211. The minimum absolute atomic E-state index is 0.342. The molecule has 1 aliphatic heterocycles. The van der Waals surface area contributed by atoms with Crippen molar-refractivity contribution in [1.29, 1.82) is 5.26 Å². The summed E-state index contributed by atoms with van der Waals surface area (Å²) in [6, 6.07) is 16.9. The number of amides is 2. The van der Waals surface area contributed by atoms with Crippen LogP contribution in [0.5, 0.6) is 0 Å². The second-order valence-electron chi connectivity index (χ2n) is 6.19. The molecule has 1 saturated heterocycles. The number of nitrogens with two attached hydrogens (primary N) is 1. The molecule has 0 radical (unpaired) electrons. The number of piperidine rings is 1. The number of aliphatic hydroxyl groups is 1. The van der Waals surface area contributed by atoms with Crippen molar-refractivity contribution in [3.05, 3.63) is 70.7 Å². The lowest BCUT2D eigenvalue weighted by atomic mass is 9.67. The second-order valence-corrected chi connectivity index (χ2v) is 6.63. The topological polar surface area (TPSA) is 116 Å². The van der Waals surface area contributed by atoms with Gasteiger partial charge in [0.2, 0.25) is 11.8 Å². The number of nitrogens with zero attached hydrogens (tertiary/aromatic N) is 1. The van der Waals surface area contributed by atoms with Crippen LogP contribution in [0.3, 0.4) is 0 Å². The number of hydrogen-bond donors (Lipinski definition) is 3. The quantitative estimate of drug-likeness (QED) is 0.713. The number of rotatable bonds is 3. The van der Waals surface area contributed by atoms with Crippen molar-refractivity contribution in [2.24, 2.45) is 17.6 Å². The van der Waals surface area contributed by atoms with Crippen LogP contribution in [0.1, 0.15) is 17.0 Å². The van der Waals surface area contributed by atoms with E-state index in [1.54, 1.807) is 54.6 Å². The van der Waals surface area contributed by atoms with Crippen LogP contribution in [-0.2, 0) is 15.3 Å². The molecular formula is C19H16ClN3O3. The summed E-state index contributed by atoms with van der Waals surface area (Å²) >= 11 is 6.04. The molecule has 0 bridgehead atoms. The maximum absolute atomic E-state index is 12.6. The lowest BCUT2D eigenvalue weighted by Crippen LogP contribution is -2.62. The van der Waals surface area contributed by atoms with Gasteiger partial charge in [0, 0.05) is 16.5 Å². The molecule has 0 spiro atoms. The number of halogens is 1. The Balaban J connectivity index is 2.20. The zero-order valence-electron chi connectivity index (χ0n) is 13.6. The summed E-state index contributed by atoms with van der Waals surface area (Å²) in [5.41, 5.74) is 4.30. The van der Waals surface area contributed by atoms with Crippen LogP contribution in [0.2, 0.25) is 5.02 Å². The third-order valence-electron chi connectivity index (χ3n) is 4.66. The van der Waals surface area contributed by atoms with Gasteiger partial charge in [-0.15, -0.1) is 0 Å². The van der Waals surface area contributed by atoms with E-state index in [1.165, 1.54) is 0 Å². The molecule has 2 aromatic carbocycles. The SMILES string of the molecule is N#C[C@@H]1[C@H](c2cccc(Cl)c2)[C@@H](C(N)=O)C(=O)N[C@@]1(O)c1ccccc1. The maximum Gasteiger partial charge on any atom is 0.235 e. The minimum Gasteiger partial charge on any atom is -0.369 e. The van der Waals surface area contributed by atoms with Crippen LogP contribution in [0.4, 0.5) is 0 Å². The number of benzene rings is 2. The third kappa shape index (κ3) is 2.92. The molecule has 0 saturated carbocycles. The molecule has 2 aromatic rings. The Morgan fingerprint density at radius 3 is 2.50 bits per heavy atom. The van der Waals surface area contributed by atoms with Gasteiger partial charge in [-0.1, -0.05) is 54.1 Å². The number of nitriles is 1. The number of carbonyl (C=O) groups excluding carboxylic acids is 2. The Hall–Kier alpha value is -2.88. The monoisotopic (exact) mass is 369 g/mol. The zero-order chi connectivity index (χ0) is 18.9. The van der Waals surface area contributed by atoms with Gasteiger partial charge in [-0.2, -0.15) is 5.26 Å². The van der Waals surface area contributed by atoms with Crippen LogP contribution < -0.4 is 11.1 Å². The van der Waals surface area contributed by atoms with Crippen LogP contribution in [0.25, 0.3) is 0 Å². The molecule has 26 heavy (non-hydrogen) atoms. The number of carbonyl (C=O) groups is 2. The van der Waals surface area contributed by atoms with Gasteiger partial charge in [0.1, 0.15) is 11.8 Å². The van der Waals surface area contributed by atoms with E-state index >= 15 is 0 Å². The third-order valence-corrected chi connectivity index (χ3v) is 4.89. The number of hydrogen-bond acceptors (Lipinski definition) is 4. The van der Waals surface area contributed by atoms with E-state index in [2.05, 4.69) is 11.4 Å². The molecular weight excluding hydrogens is 354 g/mol. The molecule has 132 valence electrons. The lowest BCUT2D eigenvalue weighted by Gasteiger charge is -2.44. The molecule has 1 fully saturated rings. The fourth-order valence-electron chi connectivity index (χ4n) is 3.48. The minimum atomic E-state index is -1.97. The highest BCUT2D eigenvalue weighted by Gasteiger charge is 2.55. The Labute approximate surface area is 155 Å². The number of primary amides is 1. The van der Waals surface area contributed by atoms with Crippen molar-refractivity contribution in [2.45, 2.75) is 11.6 Å². The largest absolute Gasteiger partial charge is 0.369 e. The molecule has 0 aromatic heterocycles. The predicted molar refractivity (Wildman–Crippen MR) is 94.5 cm³/mol. The van der Waals surface area contributed by atoms with Crippen molar-refractivity contribution in [2.75, 3.05) is 0 Å². The van der Waals surface area contributed by atoms with E-state index in [9.17, 15) is 20.0 Å². The van der Waals surface area contributed by atoms with Crippen LogP contribution >= 0.6 is 11.6 Å². The molecule has 2 amide bonds. The summed E-state index contributed by atoms with van der Waals surface area (Å²) in [5, 5.41) is 23.9. The molecule has 1 aliphatic rings. The maximum atomic E-state index is 12.6. The van der Waals surface area contributed by atoms with Crippen molar-refractivity contribution in [3.63, 3.8) is 0 Å². The van der Waals surface area contributed by atoms with Crippen LogP contribution in [-0.4, -0.2) is 16.9 Å². The summed E-state index contributed by atoms with van der Waals surface area (Å²) < 4.78 is 0. The summed E-state index contributed by atoms with van der Waals surface area (Å²) in [6.07, 6.45) is 0. The first-order chi connectivity index (χ1) is 12.4. The van der Waals surface area contributed by atoms with Gasteiger partial charge < -0.3 is 16.2 Å². The van der Waals surface area contributed by atoms with Gasteiger partial charge in [-0.05, 0) is 17.7 Å². The fourth-order valence-corrected chi connectivity index (χ4v) is 3.68. The molecule has 6 nitrogen and oxygen atoms in total. The first-order valence-corrected chi connectivity index (χ1v) is 8.30. The summed E-state index contributed by atoms with van der Waals surface area (Å²) in [7, 11) is 0. The summed E-state index contributed by atoms with van der Waals surface area (Å²) in [5.74, 6) is -5.01. The molecule has 4 atom stereocenters. The van der Waals surface area contributed by atoms with E-state index in [0.717, 1.165) is 0 Å².